The van der Waals surface area contributed by atoms with E-state index in [0.29, 0.717) is 31.2 Å². The molecular weight excluding hydrogens is 474 g/mol. The summed E-state index contributed by atoms with van der Waals surface area (Å²) in [5.74, 6) is -0.560. The molecule has 2 aliphatic heterocycles. The van der Waals surface area contributed by atoms with Gasteiger partial charge in [0.2, 0.25) is 5.91 Å². The maximum atomic E-state index is 13.2. The molecule has 0 unspecified atom stereocenters. The molecule has 2 saturated heterocycles. The van der Waals surface area contributed by atoms with E-state index in [0.717, 1.165) is 75.3 Å². The highest BCUT2D eigenvalue weighted by Crippen LogP contribution is 2.23. The van der Waals surface area contributed by atoms with Gasteiger partial charge in [-0.3, -0.25) is 24.4 Å². The second kappa shape index (κ2) is 12.2. The zero-order valence-corrected chi connectivity index (χ0v) is 22.6. The molecular formula is C27H41N5O5. The number of oxazole rings is 1. The minimum Gasteiger partial charge on any atom is -0.463 e. The molecule has 1 N–H and O–H groups in total. The number of amides is 1. The second-order valence-electron chi connectivity index (χ2n) is 10.8. The lowest BCUT2D eigenvalue weighted by Crippen LogP contribution is -2.54. The van der Waals surface area contributed by atoms with E-state index >= 15 is 0 Å². The molecule has 0 saturated carbocycles. The Morgan fingerprint density at radius 1 is 1.14 bits per heavy atom. The Morgan fingerprint density at radius 2 is 1.84 bits per heavy atom. The summed E-state index contributed by atoms with van der Waals surface area (Å²) in [5.41, 5.74) is 3.21. The van der Waals surface area contributed by atoms with Crippen LogP contribution in [0.25, 0.3) is 11.1 Å². The number of carbonyl (C=O) groups excluding carboxylic acids is 2. The van der Waals surface area contributed by atoms with Crippen LogP contribution in [-0.4, -0.2) is 116 Å². The SMILES string of the molecule is Cc1cc(C[C@@H](C)C(=O)N2CCC(N3CCN(CC(=O)OCCN(C)C)CC3)CC2)cc2oc(=O)[nH]c12. The number of hydrogen-bond donors (Lipinski definition) is 1. The van der Waals surface area contributed by atoms with E-state index in [1.54, 1.807) is 0 Å². The van der Waals surface area contributed by atoms with Crippen molar-refractivity contribution in [1.82, 2.24) is 24.6 Å². The third kappa shape index (κ3) is 7.21. The molecule has 1 aromatic carbocycles. The maximum absolute atomic E-state index is 13.2. The summed E-state index contributed by atoms with van der Waals surface area (Å²) in [7, 11) is 3.92. The zero-order valence-electron chi connectivity index (χ0n) is 22.6. The predicted octanol–water partition coefficient (Wildman–Crippen LogP) is 1.32. The number of rotatable bonds is 9. The first-order chi connectivity index (χ1) is 17.7. The highest BCUT2D eigenvalue weighted by atomic mass is 16.5. The smallest absolute Gasteiger partial charge is 0.417 e. The van der Waals surface area contributed by atoms with Gasteiger partial charge in [0.1, 0.15) is 6.61 Å². The molecule has 10 nitrogen and oxygen atoms in total. The summed E-state index contributed by atoms with van der Waals surface area (Å²) < 4.78 is 10.6. The van der Waals surface area contributed by atoms with Crippen molar-refractivity contribution in [3.8, 4) is 0 Å². The number of piperazine rings is 1. The first-order valence-corrected chi connectivity index (χ1v) is 13.4. The molecule has 2 aliphatic rings. The van der Waals surface area contributed by atoms with Gasteiger partial charge < -0.3 is 19.0 Å². The first-order valence-electron chi connectivity index (χ1n) is 13.4. The Morgan fingerprint density at radius 3 is 2.51 bits per heavy atom. The van der Waals surface area contributed by atoms with Crippen molar-refractivity contribution < 1.29 is 18.7 Å². The van der Waals surface area contributed by atoms with Crippen molar-refractivity contribution in [1.29, 1.82) is 0 Å². The van der Waals surface area contributed by atoms with Gasteiger partial charge in [-0.25, -0.2) is 4.79 Å². The third-order valence-electron chi connectivity index (χ3n) is 7.61. The number of nitrogens with zero attached hydrogens (tertiary/aromatic N) is 4. The number of ether oxygens (including phenoxy) is 1. The Labute approximate surface area is 218 Å². The fraction of sp³-hybridized carbons (Fsp3) is 0.667. The molecule has 1 aromatic heterocycles. The number of carbonyl (C=O) groups is 2. The number of likely N-dealkylation sites (N-methyl/N-ethyl adjacent to an activating group) is 1. The van der Waals surface area contributed by atoms with Gasteiger partial charge in [0.25, 0.3) is 0 Å². The maximum Gasteiger partial charge on any atom is 0.417 e. The number of aryl methyl sites for hydroxylation is 1. The topological polar surface area (TPSA) is 102 Å². The van der Waals surface area contributed by atoms with Gasteiger partial charge in [-0.1, -0.05) is 13.0 Å². The Balaban J connectivity index is 1.19. The largest absolute Gasteiger partial charge is 0.463 e. The second-order valence-corrected chi connectivity index (χ2v) is 10.8. The Kier molecular flexibility index (Phi) is 9.04. The number of nitrogens with one attached hydrogen (secondary N) is 1. The van der Waals surface area contributed by atoms with Gasteiger partial charge in [0.15, 0.2) is 5.58 Å². The van der Waals surface area contributed by atoms with E-state index < -0.39 is 5.76 Å². The van der Waals surface area contributed by atoms with Gasteiger partial charge in [-0.2, -0.15) is 0 Å². The third-order valence-corrected chi connectivity index (χ3v) is 7.61. The lowest BCUT2D eigenvalue weighted by Gasteiger charge is -2.43. The molecule has 3 heterocycles. The molecule has 2 aromatic rings. The van der Waals surface area contributed by atoms with Crippen molar-refractivity contribution in [2.45, 2.75) is 39.2 Å². The predicted molar refractivity (Wildman–Crippen MR) is 142 cm³/mol. The van der Waals surface area contributed by atoms with E-state index in [-0.39, 0.29) is 17.8 Å². The minimum absolute atomic E-state index is 0.139. The summed E-state index contributed by atoms with van der Waals surface area (Å²) in [6, 6.07) is 4.36. The highest BCUT2D eigenvalue weighted by Gasteiger charge is 2.31. The lowest BCUT2D eigenvalue weighted by molar-refractivity contribution is -0.145. The van der Waals surface area contributed by atoms with E-state index in [4.69, 9.17) is 9.15 Å². The average Bonchev–Trinajstić information content (AvgIpc) is 3.24. The van der Waals surface area contributed by atoms with Crippen LogP contribution in [0, 0.1) is 12.8 Å². The van der Waals surface area contributed by atoms with Gasteiger partial charge >= 0.3 is 11.7 Å². The van der Waals surface area contributed by atoms with Crippen LogP contribution in [0.15, 0.2) is 21.3 Å². The molecule has 4 rings (SSSR count). The van der Waals surface area contributed by atoms with Crippen LogP contribution in [0.4, 0.5) is 0 Å². The fourth-order valence-corrected chi connectivity index (χ4v) is 5.47. The quantitative estimate of drug-likeness (QED) is 0.499. The summed E-state index contributed by atoms with van der Waals surface area (Å²) >= 11 is 0. The number of esters is 1. The van der Waals surface area contributed by atoms with Crippen molar-refractivity contribution in [3.63, 3.8) is 0 Å². The zero-order chi connectivity index (χ0) is 26.5. The number of fused-ring (bicyclic) bond motifs is 1. The summed E-state index contributed by atoms with van der Waals surface area (Å²) in [6.45, 7) is 10.6. The minimum atomic E-state index is -0.457. The number of aromatic amines is 1. The fourth-order valence-electron chi connectivity index (χ4n) is 5.47. The van der Waals surface area contributed by atoms with Crippen molar-refractivity contribution in [2.24, 2.45) is 5.92 Å². The van der Waals surface area contributed by atoms with Gasteiger partial charge in [0.05, 0.1) is 12.1 Å². The van der Waals surface area contributed by atoms with Crippen LogP contribution < -0.4 is 5.76 Å². The van der Waals surface area contributed by atoms with Crippen LogP contribution in [0.5, 0.6) is 0 Å². The molecule has 2 fully saturated rings. The number of H-pyrrole nitrogens is 1. The van der Waals surface area contributed by atoms with Crippen LogP contribution in [0.2, 0.25) is 0 Å². The number of piperidine rings is 1. The molecule has 0 spiro atoms. The van der Waals surface area contributed by atoms with Crippen molar-refractivity contribution in [2.75, 3.05) is 73.1 Å². The van der Waals surface area contributed by atoms with Crippen molar-refractivity contribution >= 4 is 23.0 Å². The first kappa shape index (κ1) is 27.3. The molecule has 1 amide bonds. The highest BCUT2D eigenvalue weighted by molar-refractivity contribution is 5.80. The van der Waals surface area contributed by atoms with Crippen LogP contribution in [-0.2, 0) is 20.7 Å². The molecule has 0 radical (unpaired) electrons. The molecule has 0 bridgehead atoms. The van der Waals surface area contributed by atoms with E-state index in [1.165, 1.54) is 0 Å². The van der Waals surface area contributed by atoms with Crippen molar-refractivity contribution in [3.05, 3.63) is 33.8 Å². The average molecular weight is 516 g/mol. The molecule has 204 valence electrons. The molecule has 37 heavy (non-hydrogen) atoms. The monoisotopic (exact) mass is 515 g/mol. The van der Waals surface area contributed by atoms with E-state index in [1.807, 2.05) is 49.9 Å². The summed E-state index contributed by atoms with van der Waals surface area (Å²) in [4.78, 5) is 48.2. The Bertz CT molecular complexity index is 1130. The normalized spacial score (nSPS) is 19.0. The molecule has 0 aliphatic carbocycles. The number of likely N-dealkylation sites (tertiary alicyclic amines) is 1. The van der Waals surface area contributed by atoms with Gasteiger partial charge in [-0.15, -0.1) is 0 Å². The number of benzene rings is 1. The van der Waals surface area contributed by atoms with Crippen LogP contribution in [0.1, 0.15) is 30.9 Å². The Hall–Kier alpha value is -2.69. The number of hydrogen-bond acceptors (Lipinski definition) is 8. The van der Waals surface area contributed by atoms with Crippen LogP contribution >= 0.6 is 0 Å². The van der Waals surface area contributed by atoms with Gasteiger partial charge in [-0.05, 0) is 57.5 Å². The lowest BCUT2D eigenvalue weighted by atomic mass is 9.96. The summed E-state index contributed by atoms with van der Waals surface area (Å²) in [6.07, 6.45) is 2.57. The van der Waals surface area contributed by atoms with E-state index in [2.05, 4.69) is 14.8 Å². The standard InChI is InChI=1S/C27H41N5O5/c1-19-15-21(17-23-25(19)28-27(35)37-23)16-20(2)26(34)32-7-5-22(6-8-32)31-11-9-30(10-12-31)18-24(33)36-14-13-29(3)4/h15,17,20,22H,5-14,16,18H2,1-4H3,(H,28,35)/t20-/m1/s1. The molecule has 1 atom stereocenters. The van der Waals surface area contributed by atoms with E-state index in [9.17, 15) is 14.4 Å². The number of aromatic nitrogens is 1. The van der Waals surface area contributed by atoms with Crippen LogP contribution in [0.3, 0.4) is 0 Å². The molecule has 10 heteroatoms. The van der Waals surface area contributed by atoms with Gasteiger partial charge in [0, 0.05) is 57.8 Å². The summed E-state index contributed by atoms with van der Waals surface area (Å²) in [5, 5.41) is 0.